The van der Waals surface area contributed by atoms with Crippen LogP contribution in [0.4, 0.5) is 0 Å². The average molecular weight is 285 g/mol. The van der Waals surface area contributed by atoms with Gasteiger partial charge in [-0.1, -0.05) is 6.92 Å². The molecule has 112 valence electrons. The van der Waals surface area contributed by atoms with E-state index in [-0.39, 0.29) is 0 Å². The molecule has 1 N–H and O–H groups in total. The summed E-state index contributed by atoms with van der Waals surface area (Å²) < 4.78 is 2.01. The molecule has 5 nitrogen and oxygen atoms in total. The van der Waals surface area contributed by atoms with Crippen LogP contribution in [0.5, 0.6) is 0 Å². The van der Waals surface area contributed by atoms with Crippen LogP contribution in [-0.2, 0) is 6.54 Å². The second-order valence-corrected chi connectivity index (χ2v) is 6.39. The zero-order valence-electron chi connectivity index (χ0n) is 12.6. The third kappa shape index (κ3) is 2.56. The molecule has 21 heavy (non-hydrogen) atoms. The molecular weight excluding hydrogens is 262 g/mol. The Morgan fingerprint density at radius 1 is 1.33 bits per heavy atom. The van der Waals surface area contributed by atoms with E-state index in [2.05, 4.69) is 33.3 Å². The predicted molar refractivity (Wildman–Crippen MR) is 82.0 cm³/mol. The summed E-state index contributed by atoms with van der Waals surface area (Å²) in [5.41, 5.74) is 1.13. The number of fused-ring (bicyclic) bond motifs is 3. The zero-order valence-corrected chi connectivity index (χ0v) is 12.6. The maximum atomic E-state index is 4.64. The van der Waals surface area contributed by atoms with E-state index in [1.54, 1.807) is 6.20 Å². The minimum Gasteiger partial charge on any atom is -0.311 e. The van der Waals surface area contributed by atoms with Crippen molar-refractivity contribution in [2.45, 2.75) is 57.3 Å². The third-order valence-electron chi connectivity index (χ3n) is 5.02. The summed E-state index contributed by atoms with van der Waals surface area (Å²) in [5.74, 6) is 0.800. The number of hydrogen-bond donors (Lipinski definition) is 1. The van der Waals surface area contributed by atoms with Crippen LogP contribution in [0.1, 0.15) is 38.3 Å². The van der Waals surface area contributed by atoms with E-state index < -0.39 is 0 Å². The molecule has 2 aliphatic heterocycles. The second kappa shape index (κ2) is 5.39. The molecule has 2 aromatic rings. The molecule has 2 fully saturated rings. The van der Waals surface area contributed by atoms with E-state index in [9.17, 15) is 0 Å². The molecule has 2 bridgehead atoms. The van der Waals surface area contributed by atoms with Crippen molar-refractivity contribution in [2.24, 2.45) is 0 Å². The van der Waals surface area contributed by atoms with Crippen LogP contribution in [0.25, 0.3) is 5.78 Å². The van der Waals surface area contributed by atoms with Gasteiger partial charge in [-0.2, -0.15) is 0 Å². The largest absolute Gasteiger partial charge is 0.311 e. The van der Waals surface area contributed by atoms with Crippen LogP contribution in [0.15, 0.2) is 24.7 Å². The minimum absolute atomic E-state index is 0.700. The van der Waals surface area contributed by atoms with E-state index in [1.165, 1.54) is 25.7 Å². The number of imidazole rings is 1. The topological polar surface area (TPSA) is 45.5 Å². The molecule has 2 unspecified atom stereocenters. The van der Waals surface area contributed by atoms with Gasteiger partial charge in [-0.25, -0.2) is 9.97 Å². The van der Waals surface area contributed by atoms with Crippen molar-refractivity contribution in [3.05, 3.63) is 30.4 Å². The first-order valence-corrected chi connectivity index (χ1v) is 8.10. The molecule has 0 aliphatic carbocycles. The van der Waals surface area contributed by atoms with Crippen molar-refractivity contribution in [2.75, 3.05) is 6.54 Å². The summed E-state index contributed by atoms with van der Waals surface area (Å²) in [6, 6.07) is 4.13. The van der Waals surface area contributed by atoms with Crippen LogP contribution in [-0.4, -0.2) is 43.9 Å². The number of rotatable bonds is 4. The summed E-state index contributed by atoms with van der Waals surface area (Å²) in [7, 11) is 0. The number of piperidine rings is 1. The molecule has 2 aliphatic rings. The molecule has 0 amide bonds. The third-order valence-corrected chi connectivity index (χ3v) is 5.02. The molecule has 4 heterocycles. The van der Waals surface area contributed by atoms with Gasteiger partial charge < -0.3 is 5.32 Å². The van der Waals surface area contributed by atoms with Crippen molar-refractivity contribution in [3.63, 3.8) is 0 Å². The SMILES string of the molecule is CCN(Cc1cn2cccnc2n1)C1CC2CCC(C1)N2. The van der Waals surface area contributed by atoms with Gasteiger partial charge in [0, 0.05) is 43.3 Å². The maximum Gasteiger partial charge on any atom is 0.233 e. The summed E-state index contributed by atoms with van der Waals surface area (Å²) in [5, 5.41) is 3.73. The highest BCUT2D eigenvalue weighted by Crippen LogP contribution is 2.30. The standard InChI is InChI=1S/C16H23N5/c1-2-20(15-8-12-4-5-13(9-15)18-12)10-14-11-21-7-3-6-17-16(21)19-14/h3,6-7,11-13,15,18H,2,4-5,8-10H2,1H3. The molecular formula is C16H23N5. The molecule has 0 spiro atoms. The van der Waals surface area contributed by atoms with Gasteiger partial charge in [0.25, 0.3) is 0 Å². The van der Waals surface area contributed by atoms with Gasteiger partial charge in [-0.05, 0) is 38.3 Å². The van der Waals surface area contributed by atoms with Gasteiger partial charge >= 0.3 is 0 Å². The normalized spacial score (nSPS) is 28.6. The number of hydrogen-bond acceptors (Lipinski definition) is 4. The highest BCUT2D eigenvalue weighted by Gasteiger charge is 2.35. The maximum absolute atomic E-state index is 4.64. The number of nitrogens with one attached hydrogen (secondary N) is 1. The lowest BCUT2D eigenvalue weighted by molar-refractivity contribution is 0.139. The summed E-state index contributed by atoms with van der Waals surface area (Å²) in [6.07, 6.45) is 11.2. The monoisotopic (exact) mass is 285 g/mol. The van der Waals surface area contributed by atoms with Crippen molar-refractivity contribution in [1.29, 1.82) is 0 Å². The quantitative estimate of drug-likeness (QED) is 0.931. The summed E-state index contributed by atoms with van der Waals surface area (Å²) in [4.78, 5) is 11.5. The van der Waals surface area contributed by atoms with Crippen molar-refractivity contribution in [1.82, 2.24) is 24.6 Å². The van der Waals surface area contributed by atoms with Gasteiger partial charge in [0.15, 0.2) is 0 Å². The van der Waals surface area contributed by atoms with E-state index in [1.807, 2.05) is 16.7 Å². The van der Waals surface area contributed by atoms with E-state index in [0.29, 0.717) is 6.04 Å². The fourth-order valence-corrected chi connectivity index (χ4v) is 3.99. The van der Waals surface area contributed by atoms with Crippen LogP contribution in [0.3, 0.4) is 0 Å². The Kier molecular flexibility index (Phi) is 3.39. The Balaban J connectivity index is 1.50. The molecule has 2 aromatic heterocycles. The highest BCUT2D eigenvalue weighted by molar-refractivity contribution is 5.29. The Morgan fingerprint density at radius 3 is 2.86 bits per heavy atom. The van der Waals surface area contributed by atoms with Gasteiger partial charge in [-0.3, -0.25) is 9.30 Å². The number of aromatic nitrogens is 3. The van der Waals surface area contributed by atoms with E-state index in [0.717, 1.165) is 36.6 Å². The zero-order chi connectivity index (χ0) is 14.2. The Labute approximate surface area is 125 Å². The summed E-state index contributed by atoms with van der Waals surface area (Å²) >= 11 is 0. The molecule has 2 saturated heterocycles. The minimum atomic E-state index is 0.700. The van der Waals surface area contributed by atoms with Gasteiger partial charge in [-0.15, -0.1) is 0 Å². The lowest BCUT2D eigenvalue weighted by Gasteiger charge is -2.37. The lowest BCUT2D eigenvalue weighted by atomic mass is 9.98. The molecule has 0 saturated carbocycles. The molecule has 0 aromatic carbocycles. The molecule has 2 atom stereocenters. The smallest absolute Gasteiger partial charge is 0.233 e. The first kappa shape index (κ1) is 13.2. The second-order valence-electron chi connectivity index (χ2n) is 6.39. The lowest BCUT2D eigenvalue weighted by Crippen LogP contribution is -2.47. The Hall–Kier alpha value is -1.46. The molecule has 5 heteroatoms. The van der Waals surface area contributed by atoms with Crippen molar-refractivity contribution >= 4 is 5.78 Å². The van der Waals surface area contributed by atoms with Crippen LogP contribution in [0, 0.1) is 0 Å². The first-order chi connectivity index (χ1) is 10.3. The van der Waals surface area contributed by atoms with Crippen molar-refractivity contribution < 1.29 is 0 Å². The first-order valence-electron chi connectivity index (χ1n) is 8.10. The highest BCUT2D eigenvalue weighted by atomic mass is 15.2. The molecule has 4 rings (SSSR count). The van der Waals surface area contributed by atoms with Crippen LogP contribution in [0.2, 0.25) is 0 Å². The number of nitrogens with zero attached hydrogens (tertiary/aromatic N) is 4. The van der Waals surface area contributed by atoms with E-state index in [4.69, 9.17) is 0 Å². The van der Waals surface area contributed by atoms with Gasteiger partial charge in [0.05, 0.1) is 5.69 Å². The Morgan fingerprint density at radius 2 is 2.14 bits per heavy atom. The van der Waals surface area contributed by atoms with Crippen LogP contribution < -0.4 is 5.32 Å². The average Bonchev–Trinajstić information content (AvgIpc) is 3.07. The summed E-state index contributed by atoms with van der Waals surface area (Å²) in [6.45, 7) is 4.29. The van der Waals surface area contributed by atoms with Crippen LogP contribution >= 0.6 is 0 Å². The van der Waals surface area contributed by atoms with E-state index >= 15 is 0 Å². The fraction of sp³-hybridized carbons (Fsp3) is 0.625. The van der Waals surface area contributed by atoms with Crippen molar-refractivity contribution in [3.8, 4) is 0 Å². The molecule has 0 radical (unpaired) electrons. The predicted octanol–water partition coefficient (Wildman–Crippen LogP) is 1.83. The van der Waals surface area contributed by atoms with Gasteiger partial charge in [0.1, 0.15) is 0 Å². The fourth-order valence-electron chi connectivity index (χ4n) is 3.99. The Bertz CT molecular complexity index is 577. The van der Waals surface area contributed by atoms with Gasteiger partial charge in [0.2, 0.25) is 5.78 Å².